The van der Waals surface area contributed by atoms with Crippen LogP contribution in [0.1, 0.15) is 25.0 Å². The van der Waals surface area contributed by atoms with E-state index in [1.165, 1.54) is 22.9 Å². The highest BCUT2D eigenvalue weighted by atomic mass is 32.2. The summed E-state index contributed by atoms with van der Waals surface area (Å²) in [5.74, 6) is 0.707. The number of hydrogen-bond donors (Lipinski definition) is 0. The summed E-state index contributed by atoms with van der Waals surface area (Å²) in [5, 5.41) is 8.38. The highest BCUT2D eigenvalue weighted by Crippen LogP contribution is 2.30. The third-order valence-electron chi connectivity index (χ3n) is 3.68. The largest absolute Gasteiger partial charge is 0.411 e. The van der Waals surface area contributed by atoms with Crippen molar-refractivity contribution in [1.29, 1.82) is 0 Å². The quantitative estimate of drug-likeness (QED) is 0.783. The maximum atomic E-state index is 12.3. The van der Waals surface area contributed by atoms with Gasteiger partial charge in [0.2, 0.25) is 11.8 Å². The number of nitrogens with zero attached hydrogens (tertiary/aromatic N) is 3. The van der Waals surface area contributed by atoms with Gasteiger partial charge in [-0.2, -0.15) is 0 Å². The van der Waals surface area contributed by atoms with E-state index in [-0.39, 0.29) is 17.1 Å². The summed E-state index contributed by atoms with van der Waals surface area (Å²) in [5.41, 5.74) is 3.30. The molecule has 1 heterocycles. The minimum absolute atomic E-state index is 0.0518. The van der Waals surface area contributed by atoms with Crippen LogP contribution >= 0.6 is 11.8 Å². The second kappa shape index (κ2) is 7.17. The van der Waals surface area contributed by atoms with Crippen molar-refractivity contribution in [1.82, 2.24) is 15.1 Å². The van der Waals surface area contributed by atoms with Gasteiger partial charge in [0.25, 0.3) is 5.22 Å². The Morgan fingerprint density at radius 2 is 1.87 bits per heavy atom. The normalized spacial score (nSPS) is 12.5. The number of aryl methyl sites for hydroxylation is 2. The zero-order chi connectivity index (χ0) is 17.1. The van der Waals surface area contributed by atoms with Gasteiger partial charge in [-0.3, -0.25) is 4.79 Å². The number of amides is 1. The van der Waals surface area contributed by atoms with Gasteiger partial charge in [0.05, 0.1) is 5.25 Å². The highest BCUT2D eigenvalue weighted by molar-refractivity contribution is 8.00. The fourth-order valence-electron chi connectivity index (χ4n) is 2.08. The molecule has 0 aliphatic carbocycles. The molecule has 2 rings (SSSR count). The molecule has 23 heavy (non-hydrogen) atoms. The Bertz CT molecular complexity index is 695. The summed E-state index contributed by atoms with van der Waals surface area (Å²) in [6.45, 7) is 8.14. The van der Waals surface area contributed by atoms with Crippen LogP contribution in [0.15, 0.2) is 27.8 Å². The number of benzene rings is 1. The van der Waals surface area contributed by atoms with Gasteiger partial charge >= 0.3 is 0 Å². The van der Waals surface area contributed by atoms with Crippen LogP contribution in [-0.2, 0) is 4.79 Å². The van der Waals surface area contributed by atoms with E-state index in [4.69, 9.17) is 4.42 Å². The number of carbonyl (C=O) groups is 1. The Kier molecular flexibility index (Phi) is 5.46. The minimum atomic E-state index is -0.238. The van der Waals surface area contributed by atoms with Gasteiger partial charge in [-0.1, -0.05) is 31.7 Å². The van der Waals surface area contributed by atoms with E-state index in [0.29, 0.717) is 11.1 Å². The lowest BCUT2D eigenvalue weighted by Crippen LogP contribution is -2.34. The van der Waals surface area contributed by atoms with Crippen molar-refractivity contribution >= 4 is 17.7 Å². The van der Waals surface area contributed by atoms with Crippen LogP contribution in [0.25, 0.3) is 11.5 Å². The lowest BCUT2D eigenvalue weighted by molar-refractivity contribution is -0.128. The lowest BCUT2D eigenvalue weighted by Gasteiger charge is -2.21. The van der Waals surface area contributed by atoms with Crippen molar-refractivity contribution in [3.05, 3.63) is 29.3 Å². The van der Waals surface area contributed by atoms with Crippen molar-refractivity contribution in [3.63, 3.8) is 0 Å². The third-order valence-corrected chi connectivity index (χ3v) is 5.04. The summed E-state index contributed by atoms with van der Waals surface area (Å²) in [6.07, 6.45) is 0. The van der Waals surface area contributed by atoms with Crippen molar-refractivity contribution < 1.29 is 9.21 Å². The van der Waals surface area contributed by atoms with Gasteiger partial charge in [-0.15, -0.1) is 10.2 Å². The number of hydrogen-bond acceptors (Lipinski definition) is 5. The molecule has 1 aromatic carbocycles. The molecule has 0 saturated carbocycles. The number of thioether (sulfide) groups is 1. The van der Waals surface area contributed by atoms with Gasteiger partial charge in [0, 0.05) is 19.7 Å². The first kappa shape index (κ1) is 17.5. The van der Waals surface area contributed by atoms with Crippen LogP contribution in [0, 0.1) is 19.8 Å². The van der Waals surface area contributed by atoms with Gasteiger partial charge in [-0.25, -0.2) is 0 Å². The monoisotopic (exact) mass is 333 g/mol. The molecule has 0 N–H and O–H groups in total. The molecule has 0 spiro atoms. The molecule has 1 atom stereocenters. The topological polar surface area (TPSA) is 59.2 Å². The van der Waals surface area contributed by atoms with Crippen molar-refractivity contribution in [2.24, 2.45) is 5.92 Å². The van der Waals surface area contributed by atoms with Crippen LogP contribution in [0.5, 0.6) is 0 Å². The van der Waals surface area contributed by atoms with Gasteiger partial charge in [0.1, 0.15) is 0 Å². The van der Waals surface area contributed by atoms with E-state index < -0.39 is 0 Å². The van der Waals surface area contributed by atoms with E-state index in [1.807, 2.05) is 32.0 Å². The van der Waals surface area contributed by atoms with Gasteiger partial charge in [0.15, 0.2) is 0 Å². The van der Waals surface area contributed by atoms with Crippen LogP contribution in [0.3, 0.4) is 0 Å². The van der Waals surface area contributed by atoms with Crippen LogP contribution in [0.2, 0.25) is 0 Å². The molecule has 0 bridgehead atoms. The molecule has 6 heteroatoms. The Hall–Kier alpha value is -1.82. The second-order valence-electron chi connectivity index (χ2n) is 6.19. The average molecular weight is 333 g/mol. The zero-order valence-electron chi connectivity index (χ0n) is 14.5. The van der Waals surface area contributed by atoms with Gasteiger partial charge < -0.3 is 9.32 Å². The molecule has 0 aliphatic rings. The predicted molar refractivity (Wildman–Crippen MR) is 92.4 cm³/mol. The maximum Gasteiger partial charge on any atom is 0.277 e. The number of carbonyl (C=O) groups excluding carboxylic acids is 1. The summed E-state index contributed by atoms with van der Waals surface area (Å²) < 4.78 is 5.75. The predicted octanol–water partition coefficient (Wildman–Crippen LogP) is 3.56. The van der Waals surface area contributed by atoms with E-state index in [9.17, 15) is 4.79 Å². The first-order valence-electron chi connectivity index (χ1n) is 7.58. The molecule has 1 unspecified atom stereocenters. The van der Waals surface area contributed by atoms with E-state index in [2.05, 4.69) is 24.0 Å². The standard InChI is InChI=1S/C17H23N3O2S/c1-10(2)14(16(21)20(5)6)23-17-19-18-15(22-17)13-8-7-11(3)12(4)9-13/h7-10,14H,1-6H3. The third kappa shape index (κ3) is 4.13. The van der Waals surface area contributed by atoms with Crippen molar-refractivity contribution in [3.8, 4) is 11.5 Å². The first-order valence-corrected chi connectivity index (χ1v) is 8.46. The smallest absolute Gasteiger partial charge is 0.277 e. The molecule has 124 valence electrons. The molecule has 1 aromatic heterocycles. The van der Waals surface area contributed by atoms with E-state index in [0.717, 1.165) is 5.56 Å². The Balaban J connectivity index is 2.21. The summed E-state index contributed by atoms with van der Waals surface area (Å²) in [6, 6.07) is 6.03. The molecule has 0 saturated heterocycles. The van der Waals surface area contributed by atoms with Crippen molar-refractivity contribution in [2.45, 2.75) is 38.2 Å². The van der Waals surface area contributed by atoms with Crippen LogP contribution < -0.4 is 0 Å². The fraction of sp³-hybridized carbons (Fsp3) is 0.471. The van der Waals surface area contributed by atoms with E-state index in [1.54, 1.807) is 19.0 Å². The van der Waals surface area contributed by atoms with Crippen molar-refractivity contribution in [2.75, 3.05) is 14.1 Å². The Morgan fingerprint density at radius 3 is 2.43 bits per heavy atom. The fourth-order valence-corrected chi connectivity index (χ4v) is 3.10. The first-order chi connectivity index (χ1) is 10.8. The highest BCUT2D eigenvalue weighted by Gasteiger charge is 2.27. The molecule has 1 amide bonds. The van der Waals surface area contributed by atoms with Crippen LogP contribution in [-0.4, -0.2) is 40.3 Å². The second-order valence-corrected chi connectivity index (χ2v) is 7.28. The molecular formula is C17H23N3O2S. The molecule has 0 aliphatic heterocycles. The maximum absolute atomic E-state index is 12.3. The van der Waals surface area contributed by atoms with E-state index >= 15 is 0 Å². The minimum Gasteiger partial charge on any atom is -0.411 e. The number of aromatic nitrogens is 2. The van der Waals surface area contributed by atoms with Gasteiger partial charge in [-0.05, 0) is 43.0 Å². The summed E-state index contributed by atoms with van der Waals surface area (Å²) >= 11 is 1.32. The Labute approximate surface area is 141 Å². The average Bonchev–Trinajstić information content (AvgIpc) is 2.95. The zero-order valence-corrected chi connectivity index (χ0v) is 15.3. The van der Waals surface area contributed by atoms with Crippen LogP contribution in [0.4, 0.5) is 0 Å². The number of rotatable bonds is 5. The molecule has 5 nitrogen and oxygen atoms in total. The molecule has 0 fully saturated rings. The summed E-state index contributed by atoms with van der Waals surface area (Å²) in [7, 11) is 3.51. The Morgan fingerprint density at radius 1 is 1.17 bits per heavy atom. The summed E-state index contributed by atoms with van der Waals surface area (Å²) in [4.78, 5) is 13.9. The lowest BCUT2D eigenvalue weighted by atomic mass is 10.1. The molecule has 2 aromatic rings. The molecular weight excluding hydrogens is 310 g/mol. The SMILES string of the molecule is Cc1ccc(-c2nnc(SC(C(=O)N(C)C)C(C)C)o2)cc1C. The molecule has 0 radical (unpaired) electrons.